The van der Waals surface area contributed by atoms with Crippen molar-refractivity contribution < 1.29 is 4.42 Å². The van der Waals surface area contributed by atoms with Gasteiger partial charge >= 0.3 is 0 Å². The lowest BCUT2D eigenvalue weighted by Gasteiger charge is -2.25. The van der Waals surface area contributed by atoms with Crippen molar-refractivity contribution in [3.05, 3.63) is 10.7 Å². The van der Waals surface area contributed by atoms with Crippen LogP contribution in [0.5, 0.6) is 0 Å². The Balaban J connectivity index is 1.59. The summed E-state index contributed by atoms with van der Waals surface area (Å²) in [7, 11) is 0. The van der Waals surface area contributed by atoms with Crippen LogP contribution < -0.4 is 0 Å². The first kappa shape index (κ1) is 14.6. The van der Waals surface area contributed by atoms with E-state index >= 15 is 0 Å². The summed E-state index contributed by atoms with van der Waals surface area (Å²) < 4.78 is 7.49. The molecular formula is C13H22N4OS2. The third-order valence-corrected chi connectivity index (χ3v) is 5.13. The fourth-order valence-corrected chi connectivity index (χ4v) is 3.92. The smallest absolute Gasteiger partial charge is 0.288 e. The lowest BCUT2D eigenvalue weighted by molar-refractivity contribution is 0.170. The first-order chi connectivity index (χ1) is 9.81. The van der Waals surface area contributed by atoms with Gasteiger partial charge in [0.15, 0.2) is 0 Å². The molecule has 2 fully saturated rings. The SMILES string of the molecule is S=c1oc(CN2CCSCC2)nn1CN1CCCCC1. The van der Waals surface area contributed by atoms with Crippen LogP contribution in [-0.4, -0.2) is 57.3 Å². The molecule has 0 N–H and O–H groups in total. The number of aromatic nitrogens is 2. The van der Waals surface area contributed by atoms with Gasteiger partial charge < -0.3 is 4.42 Å². The number of nitrogens with zero attached hydrogens (tertiary/aromatic N) is 4. The Kier molecular flexibility index (Phi) is 5.14. The van der Waals surface area contributed by atoms with E-state index in [1.165, 1.54) is 30.8 Å². The minimum atomic E-state index is 0.511. The molecule has 0 unspecified atom stereocenters. The first-order valence-electron chi connectivity index (χ1n) is 7.40. The number of piperidine rings is 1. The zero-order chi connectivity index (χ0) is 13.8. The van der Waals surface area contributed by atoms with E-state index in [9.17, 15) is 0 Å². The highest BCUT2D eigenvalue weighted by Crippen LogP contribution is 2.13. The van der Waals surface area contributed by atoms with Crippen LogP contribution in [0.3, 0.4) is 0 Å². The topological polar surface area (TPSA) is 37.4 Å². The van der Waals surface area contributed by atoms with Gasteiger partial charge in [0.25, 0.3) is 4.84 Å². The molecule has 3 heterocycles. The molecule has 112 valence electrons. The molecule has 0 aliphatic carbocycles. The average Bonchev–Trinajstić information content (AvgIpc) is 2.81. The third kappa shape index (κ3) is 3.84. The second-order valence-corrected chi connectivity index (χ2v) is 7.04. The summed E-state index contributed by atoms with van der Waals surface area (Å²) in [5.41, 5.74) is 0. The minimum absolute atomic E-state index is 0.511. The predicted molar refractivity (Wildman–Crippen MR) is 83.4 cm³/mol. The number of hydrogen-bond donors (Lipinski definition) is 0. The van der Waals surface area contributed by atoms with Crippen LogP contribution >= 0.6 is 24.0 Å². The van der Waals surface area contributed by atoms with E-state index < -0.39 is 0 Å². The van der Waals surface area contributed by atoms with Crippen molar-refractivity contribution in [1.29, 1.82) is 0 Å². The van der Waals surface area contributed by atoms with Crippen molar-refractivity contribution in [1.82, 2.24) is 19.6 Å². The average molecular weight is 314 g/mol. The molecule has 0 atom stereocenters. The van der Waals surface area contributed by atoms with E-state index in [0.717, 1.165) is 45.3 Å². The summed E-state index contributed by atoms with van der Waals surface area (Å²) in [6, 6.07) is 0. The Labute approximate surface area is 129 Å². The van der Waals surface area contributed by atoms with Gasteiger partial charge in [-0.05, 0) is 38.1 Å². The van der Waals surface area contributed by atoms with Crippen molar-refractivity contribution in [2.24, 2.45) is 0 Å². The summed E-state index contributed by atoms with van der Waals surface area (Å²) in [5, 5.41) is 4.55. The van der Waals surface area contributed by atoms with E-state index in [1.807, 2.05) is 16.4 Å². The molecule has 0 radical (unpaired) electrons. The van der Waals surface area contributed by atoms with E-state index in [2.05, 4.69) is 14.9 Å². The lowest BCUT2D eigenvalue weighted by Crippen LogP contribution is -2.33. The molecule has 2 saturated heterocycles. The Hall–Kier alpha value is -0.370. The Morgan fingerprint density at radius 1 is 1.05 bits per heavy atom. The second kappa shape index (κ2) is 7.06. The quantitative estimate of drug-likeness (QED) is 0.793. The van der Waals surface area contributed by atoms with Crippen LogP contribution in [0, 0.1) is 4.84 Å². The first-order valence-corrected chi connectivity index (χ1v) is 8.97. The van der Waals surface area contributed by atoms with Gasteiger partial charge in [-0.2, -0.15) is 11.8 Å². The van der Waals surface area contributed by atoms with Crippen LogP contribution in [0.2, 0.25) is 0 Å². The molecule has 3 rings (SSSR count). The van der Waals surface area contributed by atoms with E-state index in [1.54, 1.807) is 0 Å². The van der Waals surface area contributed by atoms with Crippen LogP contribution in [0.25, 0.3) is 0 Å². The predicted octanol–water partition coefficient (Wildman–Crippen LogP) is 2.20. The molecule has 20 heavy (non-hydrogen) atoms. The number of hydrogen-bond acceptors (Lipinski definition) is 6. The summed E-state index contributed by atoms with van der Waals surface area (Å²) in [5.74, 6) is 3.17. The molecular weight excluding hydrogens is 292 g/mol. The summed E-state index contributed by atoms with van der Waals surface area (Å²) in [6.07, 6.45) is 3.91. The van der Waals surface area contributed by atoms with Crippen molar-refractivity contribution in [3.8, 4) is 0 Å². The zero-order valence-electron chi connectivity index (χ0n) is 11.8. The van der Waals surface area contributed by atoms with Crippen molar-refractivity contribution in [2.75, 3.05) is 37.7 Å². The monoisotopic (exact) mass is 314 g/mol. The van der Waals surface area contributed by atoms with Crippen molar-refractivity contribution >= 4 is 24.0 Å². The van der Waals surface area contributed by atoms with Gasteiger partial charge in [0.05, 0.1) is 13.2 Å². The third-order valence-electron chi connectivity index (χ3n) is 3.89. The van der Waals surface area contributed by atoms with Crippen molar-refractivity contribution in [2.45, 2.75) is 32.5 Å². The normalized spacial score (nSPS) is 22.2. The molecule has 2 aliphatic heterocycles. The molecule has 0 saturated carbocycles. The van der Waals surface area contributed by atoms with Gasteiger partial charge in [-0.3, -0.25) is 9.80 Å². The van der Waals surface area contributed by atoms with Gasteiger partial charge in [-0.25, -0.2) is 4.68 Å². The number of rotatable bonds is 4. The maximum absolute atomic E-state index is 5.65. The Morgan fingerprint density at radius 3 is 2.55 bits per heavy atom. The maximum atomic E-state index is 5.65. The van der Waals surface area contributed by atoms with Crippen LogP contribution in [-0.2, 0) is 13.2 Å². The molecule has 5 nitrogen and oxygen atoms in total. The summed E-state index contributed by atoms with van der Waals surface area (Å²) in [4.78, 5) is 5.31. The number of thioether (sulfide) groups is 1. The van der Waals surface area contributed by atoms with Gasteiger partial charge in [0, 0.05) is 24.6 Å². The maximum Gasteiger partial charge on any atom is 0.288 e. The molecule has 0 spiro atoms. The number of likely N-dealkylation sites (tertiary alicyclic amines) is 1. The standard InChI is InChI=1S/C13H22N4OS2/c19-13-17(11-16-4-2-1-3-5-16)14-12(18-13)10-15-6-8-20-9-7-15/h1-11H2. The van der Waals surface area contributed by atoms with Gasteiger partial charge in [0.2, 0.25) is 5.89 Å². The van der Waals surface area contributed by atoms with E-state index in [4.69, 9.17) is 16.6 Å². The summed E-state index contributed by atoms with van der Waals surface area (Å²) >= 11 is 7.31. The van der Waals surface area contributed by atoms with Gasteiger partial charge in [-0.1, -0.05) is 6.42 Å². The van der Waals surface area contributed by atoms with E-state index in [0.29, 0.717) is 4.84 Å². The second-order valence-electron chi connectivity index (χ2n) is 5.47. The molecule has 7 heteroatoms. The van der Waals surface area contributed by atoms with Crippen LogP contribution in [0.15, 0.2) is 4.42 Å². The Morgan fingerprint density at radius 2 is 1.80 bits per heavy atom. The molecule has 1 aromatic heterocycles. The zero-order valence-corrected chi connectivity index (χ0v) is 13.4. The molecule has 2 aliphatic rings. The summed E-state index contributed by atoms with van der Waals surface area (Å²) in [6.45, 7) is 6.09. The minimum Gasteiger partial charge on any atom is -0.412 e. The molecule has 0 amide bonds. The van der Waals surface area contributed by atoms with Gasteiger partial charge in [-0.15, -0.1) is 5.10 Å². The molecule has 1 aromatic rings. The lowest BCUT2D eigenvalue weighted by atomic mass is 10.1. The molecule has 0 bridgehead atoms. The largest absolute Gasteiger partial charge is 0.412 e. The van der Waals surface area contributed by atoms with Crippen LogP contribution in [0.4, 0.5) is 0 Å². The van der Waals surface area contributed by atoms with E-state index in [-0.39, 0.29) is 0 Å². The van der Waals surface area contributed by atoms with Gasteiger partial charge in [0.1, 0.15) is 0 Å². The van der Waals surface area contributed by atoms with Crippen LogP contribution in [0.1, 0.15) is 25.2 Å². The highest BCUT2D eigenvalue weighted by atomic mass is 32.2. The van der Waals surface area contributed by atoms with Crippen molar-refractivity contribution in [3.63, 3.8) is 0 Å². The molecule has 0 aromatic carbocycles. The Bertz CT molecular complexity index is 475. The highest BCUT2D eigenvalue weighted by Gasteiger charge is 2.16. The fourth-order valence-electron chi connectivity index (χ4n) is 2.74. The fraction of sp³-hybridized carbons (Fsp3) is 0.846. The highest BCUT2D eigenvalue weighted by molar-refractivity contribution is 7.99.